The van der Waals surface area contributed by atoms with Gasteiger partial charge in [-0.25, -0.2) is 9.18 Å². The van der Waals surface area contributed by atoms with Crippen LogP contribution in [-0.4, -0.2) is 11.0 Å². The Morgan fingerprint density at radius 1 is 0.926 bits per heavy atom. The summed E-state index contributed by atoms with van der Waals surface area (Å²) in [5.41, 5.74) is 4.41. The van der Waals surface area contributed by atoms with Gasteiger partial charge in [-0.3, -0.25) is 0 Å². The SMILES string of the molecule is Cc1ccc(NC(=O)Nc2ccccc2-c2cc3ccccc3[nH]2)cc1F. The normalized spacial score (nSPS) is 10.7. The molecular weight excluding hydrogens is 341 g/mol. The number of para-hydroxylation sites is 2. The van der Waals surface area contributed by atoms with Gasteiger partial charge in [0, 0.05) is 27.8 Å². The zero-order valence-electron chi connectivity index (χ0n) is 14.7. The Labute approximate surface area is 156 Å². The first-order chi connectivity index (χ1) is 13.1. The number of aromatic nitrogens is 1. The van der Waals surface area contributed by atoms with Crippen LogP contribution in [-0.2, 0) is 0 Å². The molecule has 0 aliphatic carbocycles. The van der Waals surface area contributed by atoms with Gasteiger partial charge in [0.2, 0.25) is 0 Å². The predicted molar refractivity (Wildman–Crippen MR) is 108 cm³/mol. The Hall–Kier alpha value is -3.60. The van der Waals surface area contributed by atoms with Crippen LogP contribution in [0.2, 0.25) is 0 Å². The Balaban J connectivity index is 1.59. The number of halogens is 1. The molecule has 0 atom stereocenters. The van der Waals surface area contributed by atoms with E-state index in [0.717, 1.165) is 22.2 Å². The second-order valence-electron chi connectivity index (χ2n) is 6.36. The standard InChI is InChI=1S/C22H18FN3O/c1-14-10-11-16(13-18(14)23)24-22(27)26-20-9-5-3-7-17(20)21-12-15-6-2-4-8-19(15)25-21/h2-13,25H,1H3,(H2,24,26,27). The van der Waals surface area contributed by atoms with Crippen LogP contribution in [0.25, 0.3) is 22.2 Å². The highest BCUT2D eigenvalue weighted by atomic mass is 19.1. The summed E-state index contributed by atoms with van der Waals surface area (Å²) in [7, 11) is 0. The summed E-state index contributed by atoms with van der Waals surface area (Å²) in [6, 6.07) is 21.7. The minimum absolute atomic E-state index is 0.355. The molecule has 4 aromatic rings. The quantitative estimate of drug-likeness (QED) is 0.417. The first-order valence-corrected chi connectivity index (χ1v) is 8.61. The summed E-state index contributed by atoms with van der Waals surface area (Å²) in [5.74, 6) is -0.355. The second kappa shape index (κ2) is 6.96. The van der Waals surface area contributed by atoms with Crippen molar-refractivity contribution < 1.29 is 9.18 Å². The van der Waals surface area contributed by atoms with Crippen LogP contribution in [0.1, 0.15) is 5.56 Å². The highest BCUT2D eigenvalue weighted by molar-refractivity contribution is 6.02. The molecule has 0 saturated heterocycles. The van der Waals surface area contributed by atoms with E-state index < -0.39 is 6.03 Å². The minimum Gasteiger partial charge on any atom is -0.354 e. The van der Waals surface area contributed by atoms with E-state index in [9.17, 15) is 9.18 Å². The molecule has 0 unspecified atom stereocenters. The number of aromatic amines is 1. The third kappa shape index (κ3) is 3.53. The maximum atomic E-state index is 13.7. The number of carbonyl (C=O) groups excluding carboxylic acids is 1. The van der Waals surface area contributed by atoms with Gasteiger partial charge in [-0.1, -0.05) is 42.5 Å². The van der Waals surface area contributed by atoms with Crippen molar-refractivity contribution in [2.75, 3.05) is 10.6 Å². The minimum atomic E-state index is -0.429. The number of carbonyl (C=O) groups is 1. The second-order valence-corrected chi connectivity index (χ2v) is 6.36. The van der Waals surface area contributed by atoms with Crippen LogP contribution >= 0.6 is 0 Å². The van der Waals surface area contributed by atoms with Gasteiger partial charge in [0.1, 0.15) is 5.82 Å². The highest BCUT2D eigenvalue weighted by Crippen LogP contribution is 2.30. The molecule has 3 N–H and O–H groups in total. The fourth-order valence-electron chi connectivity index (χ4n) is 3.00. The number of rotatable bonds is 3. The van der Waals surface area contributed by atoms with Gasteiger partial charge in [-0.2, -0.15) is 0 Å². The highest BCUT2D eigenvalue weighted by Gasteiger charge is 2.11. The topological polar surface area (TPSA) is 56.9 Å². The fourth-order valence-corrected chi connectivity index (χ4v) is 3.00. The molecule has 0 saturated carbocycles. The molecule has 27 heavy (non-hydrogen) atoms. The van der Waals surface area contributed by atoms with Crippen molar-refractivity contribution in [2.45, 2.75) is 6.92 Å². The molecule has 134 valence electrons. The van der Waals surface area contributed by atoms with Crippen LogP contribution in [0.3, 0.4) is 0 Å². The molecule has 0 bridgehead atoms. The van der Waals surface area contributed by atoms with Crippen LogP contribution < -0.4 is 10.6 Å². The molecule has 5 heteroatoms. The number of anilines is 2. The van der Waals surface area contributed by atoms with E-state index in [1.165, 1.54) is 6.07 Å². The van der Waals surface area contributed by atoms with E-state index in [2.05, 4.69) is 15.6 Å². The molecule has 0 fully saturated rings. The Kier molecular flexibility index (Phi) is 4.34. The average molecular weight is 359 g/mol. The molecule has 1 heterocycles. The maximum absolute atomic E-state index is 13.7. The number of urea groups is 1. The van der Waals surface area contributed by atoms with Crippen molar-refractivity contribution in [3.05, 3.63) is 84.2 Å². The van der Waals surface area contributed by atoms with Gasteiger partial charge < -0.3 is 15.6 Å². The van der Waals surface area contributed by atoms with Crippen LogP contribution in [0, 0.1) is 12.7 Å². The first kappa shape index (κ1) is 16.8. The lowest BCUT2D eigenvalue weighted by Crippen LogP contribution is -2.20. The number of H-pyrrole nitrogens is 1. The lowest BCUT2D eigenvalue weighted by atomic mass is 10.1. The fraction of sp³-hybridized carbons (Fsp3) is 0.0455. The molecule has 2 amide bonds. The summed E-state index contributed by atoms with van der Waals surface area (Å²) in [5, 5.41) is 6.61. The van der Waals surface area contributed by atoms with Gasteiger partial charge in [0.25, 0.3) is 0 Å². The monoisotopic (exact) mass is 359 g/mol. The number of benzene rings is 3. The van der Waals surface area contributed by atoms with Crippen molar-refractivity contribution in [1.29, 1.82) is 0 Å². The van der Waals surface area contributed by atoms with E-state index in [4.69, 9.17) is 0 Å². The van der Waals surface area contributed by atoms with Crippen molar-refractivity contribution in [3.8, 4) is 11.3 Å². The first-order valence-electron chi connectivity index (χ1n) is 8.61. The van der Waals surface area contributed by atoms with E-state index in [1.807, 2.05) is 54.6 Å². The van der Waals surface area contributed by atoms with Crippen molar-refractivity contribution in [2.24, 2.45) is 0 Å². The maximum Gasteiger partial charge on any atom is 0.323 e. The van der Waals surface area contributed by atoms with Gasteiger partial charge in [0.15, 0.2) is 0 Å². The molecule has 1 aromatic heterocycles. The lowest BCUT2D eigenvalue weighted by Gasteiger charge is -2.11. The molecule has 4 rings (SSSR count). The average Bonchev–Trinajstić information content (AvgIpc) is 3.09. The number of amides is 2. The molecule has 0 radical (unpaired) electrons. The number of hydrogen-bond donors (Lipinski definition) is 3. The van der Waals surface area contributed by atoms with Crippen LogP contribution in [0.4, 0.5) is 20.6 Å². The number of nitrogens with one attached hydrogen (secondary N) is 3. The molecule has 4 nitrogen and oxygen atoms in total. The van der Waals surface area contributed by atoms with Gasteiger partial charge in [-0.05, 0) is 42.8 Å². The van der Waals surface area contributed by atoms with Gasteiger partial charge in [0.05, 0.1) is 5.69 Å². The van der Waals surface area contributed by atoms with Gasteiger partial charge in [-0.15, -0.1) is 0 Å². The molecular formula is C22H18FN3O. The summed E-state index contributed by atoms with van der Waals surface area (Å²) < 4.78 is 13.7. The van der Waals surface area contributed by atoms with Crippen molar-refractivity contribution >= 4 is 28.3 Å². The molecule has 0 aliphatic heterocycles. The summed E-state index contributed by atoms with van der Waals surface area (Å²) in [6.07, 6.45) is 0. The summed E-state index contributed by atoms with van der Waals surface area (Å²) in [4.78, 5) is 15.7. The Bertz CT molecular complexity index is 1100. The molecule has 0 aliphatic rings. The number of hydrogen-bond acceptors (Lipinski definition) is 1. The van der Waals surface area contributed by atoms with E-state index in [1.54, 1.807) is 19.1 Å². The largest absolute Gasteiger partial charge is 0.354 e. The summed E-state index contributed by atoms with van der Waals surface area (Å²) >= 11 is 0. The Morgan fingerprint density at radius 3 is 2.52 bits per heavy atom. The van der Waals surface area contributed by atoms with Gasteiger partial charge >= 0.3 is 6.03 Å². The van der Waals surface area contributed by atoms with Crippen LogP contribution in [0.15, 0.2) is 72.8 Å². The zero-order valence-corrected chi connectivity index (χ0v) is 14.7. The number of fused-ring (bicyclic) bond motifs is 1. The summed E-state index contributed by atoms with van der Waals surface area (Å²) in [6.45, 7) is 1.68. The predicted octanol–water partition coefficient (Wildman–Crippen LogP) is 5.93. The van der Waals surface area contributed by atoms with E-state index >= 15 is 0 Å². The van der Waals surface area contributed by atoms with Crippen molar-refractivity contribution in [3.63, 3.8) is 0 Å². The van der Waals surface area contributed by atoms with E-state index in [-0.39, 0.29) is 5.82 Å². The third-order valence-electron chi connectivity index (χ3n) is 4.43. The number of aryl methyl sites for hydroxylation is 1. The zero-order chi connectivity index (χ0) is 18.8. The molecule has 3 aromatic carbocycles. The lowest BCUT2D eigenvalue weighted by molar-refractivity contribution is 0.262. The van der Waals surface area contributed by atoms with E-state index in [0.29, 0.717) is 16.9 Å². The smallest absolute Gasteiger partial charge is 0.323 e. The Morgan fingerprint density at radius 2 is 1.70 bits per heavy atom. The van der Waals surface area contributed by atoms with Crippen LogP contribution in [0.5, 0.6) is 0 Å². The van der Waals surface area contributed by atoms with Crippen molar-refractivity contribution in [1.82, 2.24) is 4.98 Å². The third-order valence-corrected chi connectivity index (χ3v) is 4.43. The molecule has 0 spiro atoms.